The molecule has 1 aromatic carbocycles. The molecule has 2 aromatic rings. The van der Waals surface area contributed by atoms with E-state index in [1.165, 1.54) is 28.5 Å². The van der Waals surface area contributed by atoms with Gasteiger partial charge in [-0.25, -0.2) is 0 Å². The summed E-state index contributed by atoms with van der Waals surface area (Å²) in [6.07, 6.45) is 6.82. The second-order valence-corrected chi connectivity index (χ2v) is 6.28. The lowest BCUT2D eigenvalue weighted by atomic mass is 9.86. The summed E-state index contributed by atoms with van der Waals surface area (Å²) in [4.78, 5) is 1.07. The van der Waals surface area contributed by atoms with Crippen molar-refractivity contribution in [3.05, 3.63) is 46.9 Å². The van der Waals surface area contributed by atoms with Crippen molar-refractivity contribution in [3.8, 4) is 0 Å². The lowest BCUT2D eigenvalue weighted by Crippen LogP contribution is -2.23. The Morgan fingerprint density at radius 3 is 2.78 bits per heavy atom. The van der Waals surface area contributed by atoms with Crippen LogP contribution in [0.25, 0.3) is 10.1 Å². The summed E-state index contributed by atoms with van der Waals surface area (Å²) in [6, 6.07) is 10.5. The van der Waals surface area contributed by atoms with Crippen molar-refractivity contribution in [2.45, 2.75) is 38.2 Å². The van der Waals surface area contributed by atoms with Crippen LogP contribution >= 0.6 is 11.3 Å². The fourth-order valence-electron chi connectivity index (χ4n) is 2.66. The molecule has 0 amide bonds. The molecule has 0 radical (unpaired) electrons. The molecular weight excluding hydrogens is 240 g/mol. The average molecular weight is 258 g/mol. The van der Waals surface area contributed by atoms with E-state index in [9.17, 15) is 5.11 Å². The maximum atomic E-state index is 10.9. The molecule has 1 heterocycles. The first-order valence-electron chi connectivity index (χ1n) is 6.59. The van der Waals surface area contributed by atoms with Crippen LogP contribution in [0, 0.1) is 0 Å². The van der Waals surface area contributed by atoms with Crippen molar-refractivity contribution < 1.29 is 5.11 Å². The molecule has 2 heteroatoms. The van der Waals surface area contributed by atoms with Gasteiger partial charge in [-0.1, -0.05) is 24.3 Å². The molecule has 1 aliphatic carbocycles. The molecule has 1 nitrogen and oxygen atoms in total. The van der Waals surface area contributed by atoms with Crippen LogP contribution in [-0.2, 0) is 5.60 Å². The third kappa shape index (κ3) is 2.00. The summed E-state index contributed by atoms with van der Waals surface area (Å²) in [5.74, 6) is 0. The van der Waals surface area contributed by atoms with E-state index in [2.05, 4.69) is 30.3 Å². The van der Waals surface area contributed by atoms with Crippen LogP contribution in [0.1, 0.15) is 37.5 Å². The highest BCUT2D eigenvalue weighted by Gasteiger charge is 2.30. The molecule has 0 saturated carbocycles. The predicted molar refractivity (Wildman–Crippen MR) is 77.9 cm³/mol. The number of rotatable bonds is 2. The Kier molecular flexibility index (Phi) is 3.00. The first kappa shape index (κ1) is 11.9. The topological polar surface area (TPSA) is 20.2 Å². The number of allylic oxidation sites excluding steroid dienone is 1. The summed E-state index contributed by atoms with van der Waals surface area (Å²) in [5.41, 5.74) is 0.407. The monoisotopic (exact) mass is 258 g/mol. The summed E-state index contributed by atoms with van der Waals surface area (Å²) < 4.78 is 1.25. The van der Waals surface area contributed by atoms with Crippen LogP contribution in [0.15, 0.2) is 42.0 Å². The zero-order valence-corrected chi connectivity index (χ0v) is 11.5. The fraction of sp³-hybridized carbons (Fsp3) is 0.375. The first-order valence-corrected chi connectivity index (χ1v) is 7.40. The SMILES string of the molecule is CC(O)(C1=CCCCC1)c1cc2ccccc2s1. The van der Waals surface area contributed by atoms with Gasteiger partial charge in [-0.2, -0.15) is 0 Å². The molecule has 0 saturated heterocycles. The second kappa shape index (κ2) is 4.52. The Bertz CT molecular complexity index is 559. The van der Waals surface area contributed by atoms with E-state index < -0.39 is 5.60 Å². The minimum Gasteiger partial charge on any atom is -0.380 e. The predicted octanol–water partition coefficient (Wildman–Crippen LogP) is 4.61. The highest BCUT2D eigenvalue weighted by atomic mass is 32.1. The van der Waals surface area contributed by atoms with Crippen molar-refractivity contribution in [3.63, 3.8) is 0 Å². The van der Waals surface area contributed by atoms with Gasteiger partial charge in [0.25, 0.3) is 0 Å². The van der Waals surface area contributed by atoms with Gasteiger partial charge in [0.1, 0.15) is 5.60 Å². The maximum Gasteiger partial charge on any atom is 0.117 e. The Morgan fingerprint density at radius 1 is 1.22 bits per heavy atom. The van der Waals surface area contributed by atoms with E-state index in [-0.39, 0.29) is 0 Å². The van der Waals surface area contributed by atoms with E-state index in [0.29, 0.717) is 0 Å². The van der Waals surface area contributed by atoms with Crippen LogP contribution < -0.4 is 0 Å². The minimum absolute atomic E-state index is 0.788. The molecule has 1 aromatic heterocycles. The average Bonchev–Trinajstić information content (AvgIpc) is 2.84. The number of hydrogen-bond acceptors (Lipinski definition) is 2. The van der Waals surface area contributed by atoms with E-state index in [4.69, 9.17) is 0 Å². The number of aliphatic hydroxyl groups is 1. The molecular formula is C16H18OS. The molecule has 1 N–H and O–H groups in total. The Morgan fingerprint density at radius 2 is 2.06 bits per heavy atom. The number of benzene rings is 1. The lowest BCUT2D eigenvalue weighted by Gasteiger charge is -2.28. The van der Waals surface area contributed by atoms with Crippen LogP contribution in [-0.4, -0.2) is 5.11 Å². The quantitative estimate of drug-likeness (QED) is 0.780. The molecule has 1 atom stereocenters. The van der Waals surface area contributed by atoms with Gasteiger partial charge in [0, 0.05) is 9.58 Å². The second-order valence-electron chi connectivity index (χ2n) is 5.20. The van der Waals surface area contributed by atoms with E-state index in [0.717, 1.165) is 17.7 Å². The lowest BCUT2D eigenvalue weighted by molar-refractivity contribution is 0.0954. The Labute approximate surface area is 112 Å². The highest BCUT2D eigenvalue weighted by Crippen LogP contribution is 2.40. The smallest absolute Gasteiger partial charge is 0.117 e. The summed E-state index contributed by atoms with van der Waals surface area (Å²) in [5, 5.41) is 12.1. The van der Waals surface area contributed by atoms with Crippen molar-refractivity contribution >= 4 is 21.4 Å². The van der Waals surface area contributed by atoms with Crippen molar-refractivity contribution in [1.29, 1.82) is 0 Å². The van der Waals surface area contributed by atoms with Gasteiger partial charge in [-0.3, -0.25) is 0 Å². The minimum atomic E-state index is -0.788. The molecule has 0 spiro atoms. The summed E-state index contributed by atoms with van der Waals surface area (Å²) >= 11 is 1.71. The van der Waals surface area contributed by atoms with Gasteiger partial charge in [-0.15, -0.1) is 11.3 Å². The van der Waals surface area contributed by atoms with Crippen LogP contribution in [0.2, 0.25) is 0 Å². The molecule has 1 unspecified atom stereocenters. The Hall–Kier alpha value is -1.12. The number of thiophene rings is 1. The fourth-order valence-corrected chi connectivity index (χ4v) is 3.80. The van der Waals surface area contributed by atoms with Crippen LogP contribution in [0.4, 0.5) is 0 Å². The highest BCUT2D eigenvalue weighted by molar-refractivity contribution is 7.19. The molecule has 0 aliphatic heterocycles. The first-order chi connectivity index (χ1) is 8.68. The summed E-state index contributed by atoms with van der Waals surface area (Å²) in [6.45, 7) is 1.94. The standard InChI is InChI=1S/C16H18OS/c1-16(17,13-8-3-2-4-9-13)15-11-12-7-5-6-10-14(12)18-15/h5-8,10-11,17H,2-4,9H2,1H3. The molecule has 18 heavy (non-hydrogen) atoms. The van der Waals surface area contributed by atoms with Gasteiger partial charge < -0.3 is 5.11 Å². The van der Waals surface area contributed by atoms with Crippen molar-refractivity contribution in [1.82, 2.24) is 0 Å². The van der Waals surface area contributed by atoms with E-state index in [1.54, 1.807) is 11.3 Å². The maximum absolute atomic E-state index is 10.9. The van der Waals surface area contributed by atoms with Gasteiger partial charge in [0.2, 0.25) is 0 Å². The number of hydrogen-bond donors (Lipinski definition) is 1. The van der Waals surface area contributed by atoms with Crippen molar-refractivity contribution in [2.24, 2.45) is 0 Å². The van der Waals surface area contributed by atoms with Gasteiger partial charge in [0.15, 0.2) is 0 Å². The molecule has 1 aliphatic rings. The van der Waals surface area contributed by atoms with Gasteiger partial charge in [0.05, 0.1) is 0 Å². The zero-order valence-electron chi connectivity index (χ0n) is 10.6. The van der Waals surface area contributed by atoms with E-state index >= 15 is 0 Å². The van der Waals surface area contributed by atoms with Crippen LogP contribution in [0.3, 0.4) is 0 Å². The van der Waals surface area contributed by atoms with Crippen LogP contribution in [0.5, 0.6) is 0 Å². The van der Waals surface area contributed by atoms with Gasteiger partial charge >= 0.3 is 0 Å². The third-order valence-electron chi connectivity index (χ3n) is 3.82. The molecule has 0 fully saturated rings. The van der Waals surface area contributed by atoms with E-state index in [1.807, 2.05) is 13.0 Å². The third-order valence-corrected chi connectivity index (χ3v) is 5.15. The Balaban J connectivity index is 2.04. The normalized spacial score (nSPS) is 19.6. The largest absolute Gasteiger partial charge is 0.380 e. The number of fused-ring (bicyclic) bond motifs is 1. The molecule has 3 rings (SSSR count). The van der Waals surface area contributed by atoms with Gasteiger partial charge in [-0.05, 0) is 55.7 Å². The van der Waals surface area contributed by atoms with Crippen molar-refractivity contribution in [2.75, 3.05) is 0 Å². The molecule has 0 bridgehead atoms. The molecule has 94 valence electrons. The summed E-state index contributed by atoms with van der Waals surface area (Å²) in [7, 11) is 0. The zero-order chi connectivity index (χ0) is 12.6.